The van der Waals surface area contributed by atoms with E-state index in [1.165, 1.54) is 13.5 Å². The maximum Gasteiger partial charge on any atom is 0.340 e. The van der Waals surface area contributed by atoms with Crippen molar-refractivity contribution in [2.24, 2.45) is 11.8 Å². The topological polar surface area (TPSA) is 42.4 Å². The maximum atomic E-state index is 11.9. The largest absolute Gasteiger partial charge is 0.465 e. The van der Waals surface area contributed by atoms with Crippen molar-refractivity contribution in [2.45, 2.75) is 20.3 Å². The summed E-state index contributed by atoms with van der Waals surface area (Å²) in [5, 5.41) is 1.93. The molecule has 0 spiro atoms. The molecule has 116 valence electrons. The predicted octanol–water partition coefficient (Wildman–Crippen LogP) is 3.50. The molecule has 0 radical (unpaired) electrons. The number of pyridine rings is 1. The Bertz CT molecular complexity index is 689. The molecule has 22 heavy (non-hydrogen) atoms. The van der Waals surface area contributed by atoms with E-state index >= 15 is 0 Å². The van der Waals surface area contributed by atoms with Crippen LogP contribution in [0.5, 0.6) is 0 Å². The lowest BCUT2D eigenvalue weighted by atomic mass is 9.91. The Morgan fingerprint density at radius 2 is 1.82 bits per heavy atom. The van der Waals surface area contributed by atoms with E-state index in [1.807, 2.05) is 24.3 Å². The summed E-state index contributed by atoms with van der Waals surface area (Å²) in [4.78, 5) is 18.9. The first kappa shape index (κ1) is 14.8. The molecular weight excluding hydrogens is 276 g/mol. The number of carbonyl (C=O) groups excluding carboxylic acids is 1. The van der Waals surface area contributed by atoms with Crippen LogP contribution < -0.4 is 4.90 Å². The number of hydrogen-bond acceptors (Lipinski definition) is 4. The summed E-state index contributed by atoms with van der Waals surface area (Å²) in [5.74, 6) is 1.95. The number of aromatic nitrogens is 1. The highest BCUT2D eigenvalue weighted by molar-refractivity contribution is 6.07. The van der Waals surface area contributed by atoms with Gasteiger partial charge >= 0.3 is 5.97 Å². The van der Waals surface area contributed by atoms with E-state index in [0.717, 1.165) is 29.7 Å². The Morgan fingerprint density at radius 3 is 2.45 bits per heavy atom. The number of ether oxygens (including phenoxy) is 1. The zero-order valence-corrected chi connectivity index (χ0v) is 13.4. The molecule has 1 aromatic heterocycles. The molecular formula is C18H22N2O2. The van der Waals surface area contributed by atoms with Gasteiger partial charge in [0, 0.05) is 30.1 Å². The number of anilines is 1. The summed E-state index contributed by atoms with van der Waals surface area (Å²) in [6.45, 7) is 6.60. The number of carbonyl (C=O) groups is 1. The molecule has 0 aliphatic carbocycles. The fourth-order valence-corrected chi connectivity index (χ4v) is 3.54. The minimum absolute atomic E-state index is 0.337. The third kappa shape index (κ3) is 2.65. The fraction of sp³-hybridized carbons (Fsp3) is 0.444. The molecule has 0 bridgehead atoms. The molecule has 2 aromatic rings. The van der Waals surface area contributed by atoms with Crippen LogP contribution in [0, 0.1) is 11.8 Å². The number of esters is 1. The van der Waals surface area contributed by atoms with Crippen molar-refractivity contribution in [3.8, 4) is 0 Å². The van der Waals surface area contributed by atoms with Crippen LogP contribution in [0.15, 0.2) is 30.5 Å². The van der Waals surface area contributed by atoms with Crippen LogP contribution in [0.1, 0.15) is 30.6 Å². The van der Waals surface area contributed by atoms with E-state index in [0.29, 0.717) is 17.4 Å². The van der Waals surface area contributed by atoms with E-state index in [9.17, 15) is 4.79 Å². The van der Waals surface area contributed by atoms with Crippen LogP contribution >= 0.6 is 0 Å². The van der Waals surface area contributed by atoms with Gasteiger partial charge in [0.1, 0.15) is 5.82 Å². The summed E-state index contributed by atoms with van der Waals surface area (Å²) < 4.78 is 4.87. The van der Waals surface area contributed by atoms with Gasteiger partial charge in [-0.25, -0.2) is 9.78 Å². The Kier molecular flexibility index (Phi) is 4.01. The van der Waals surface area contributed by atoms with Crippen molar-refractivity contribution < 1.29 is 9.53 Å². The lowest BCUT2D eigenvalue weighted by Crippen LogP contribution is -2.39. The van der Waals surface area contributed by atoms with Crippen molar-refractivity contribution in [3.05, 3.63) is 36.0 Å². The third-order valence-electron chi connectivity index (χ3n) is 4.35. The van der Waals surface area contributed by atoms with Gasteiger partial charge in [0.25, 0.3) is 0 Å². The average Bonchev–Trinajstić information content (AvgIpc) is 2.52. The summed E-state index contributed by atoms with van der Waals surface area (Å²) in [7, 11) is 1.40. The van der Waals surface area contributed by atoms with Crippen LogP contribution in [-0.4, -0.2) is 31.2 Å². The first-order valence-electron chi connectivity index (χ1n) is 7.81. The Balaban J connectivity index is 2.10. The maximum absolute atomic E-state index is 11.9. The van der Waals surface area contributed by atoms with Crippen LogP contribution in [0.3, 0.4) is 0 Å². The summed E-state index contributed by atoms with van der Waals surface area (Å²) in [6, 6.07) is 7.93. The first-order chi connectivity index (χ1) is 10.6. The SMILES string of the molecule is COC(=O)c1cnc(N2CC(C)CC(C)C2)c2ccccc12. The van der Waals surface area contributed by atoms with E-state index in [2.05, 4.69) is 23.7 Å². The Hall–Kier alpha value is -2.10. The molecule has 0 N–H and O–H groups in total. The standard InChI is InChI=1S/C18H22N2O2/c1-12-8-13(2)11-20(10-12)17-15-7-5-4-6-14(15)16(9-19-17)18(21)22-3/h4-7,9,12-13H,8,10-11H2,1-3H3. The lowest BCUT2D eigenvalue weighted by molar-refractivity contribution is 0.0602. The number of fused-ring (bicyclic) bond motifs is 1. The second-order valence-electron chi connectivity index (χ2n) is 6.38. The number of rotatable bonds is 2. The number of piperidine rings is 1. The zero-order valence-electron chi connectivity index (χ0n) is 13.4. The lowest BCUT2D eigenvalue weighted by Gasteiger charge is -2.36. The number of hydrogen-bond donors (Lipinski definition) is 0. The van der Waals surface area contributed by atoms with Crippen molar-refractivity contribution >= 4 is 22.6 Å². The molecule has 1 aromatic carbocycles. The minimum atomic E-state index is -0.337. The minimum Gasteiger partial charge on any atom is -0.465 e. The molecule has 2 heterocycles. The fourth-order valence-electron chi connectivity index (χ4n) is 3.54. The van der Waals surface area contributed by atoms with Crippen molar-refractivity contribution in [2.75, 3.05) is 25.1 Å². The molecule has 4 nitrogen and oxygen atoms in total. The van der Waals surface area contributed by atoms with E-state index in [4.69, 9.17) is 4.74 Å². The van der Waals surface area contributed by atoms with Crippen LogP contribution in [-0.2, 0) is 4.74 Å². The molecule has 0 saturated carbocycles. The average molecular weight is 298 g/mol. The highest BCUT2D eigenvalue weighted by Crippen LogP contribution is 2.31. The summed E-state index contributed by atoms with van der Waals surface area (Å²) in [6.07, 6.45) is 2.90. The highest BCUT2D eigenvalue weighted by atomic mass is 16.5. The number of methoxy groups -OCH3 is 1. The molecule has 3 rings (SSSR count). The van der Waals surface area contributed by atoms with E-state index < -0.39 is 0 Å². The van der Waals surface area contributed by atoms with Gasteiger partial charge in [-0.3, -0.25) is 0 Å². The molecule has 1 fully saturated rings. The van der Waals surface area contributed by atoms with E-state index in [1.54, 1.807) is 6.20 Å². The van der Waals surface area contributed by atoms with Crippen molar-refractivity contribution in [1.29, 1.82) is 0 Å². The van der Waals surface area contributed by atoms with Crippen molar-refractivity contribution in [1.82, 2.24) is 4.98 Å². The molecule has 1 aliphatic heterocycles. The Morgan fingerprint density at radius 1 is 1.18 bits per heavy atom. The van der Waals surface area contributed by atoms with Gasteiger partial charge in [0.2, 0.25) is 0 Å². The zero-order chi connectivity index (χ0) is 15.7. The molecule has 0 amide bonds. The summed E-state index contributed by atoms with van der Waals surface area (Å²) in [5.41, 5.74) is 0.528. The third-order valence-corrected chi connectivity index (χ3v) is 4.35. The molecule has 4 heteroatoms. The van der Waals surface area contributed by atoms with Gasteiger partial charge in [-0.1, -0.05) is 38.1 Å². The van der Waals surface area contributed by atoms with Gasteiger partial charge in [-0.2, -0.15) is 0 Å². The van der Waals surface area contributed by atoms with Gasteiger partial charge in [0.15, 0.2) is 0 Å². The molecule has 2 atom stereocenters. The normalized spacial score (nSPS) is 21.9. The van der Waals surface area contributed by atoms with E-state index in [-0.39, 0.29) is 5.97 Å². The molecule has 1 saturated heterocycles. The van der Waals surface area contributed by atoms with Crippen molar-refractivity contribution in [3.63, 3.8) is 0 Å². The van der Waals surface area contributed by atoms with Gasteiger partial charge in [0.05, 0.1) is 12.7 Å². The van der Waals surface area contributed by atoms with Crippen LogP contribution in [0.4, 0.5) is 5.82 Å². The Labute approximate surface area is 131 Å². The predicted molar refractivity (Wildman–Crippen MR) is 88.2 cm³/mol. The monoisotopic (exact) mass is 298 g/mol. The summed E-state index contributed by atoms with van der Waals surface area (Å²) >= 11 is 0. The second-order valence-corrected chi connectivity index (χ2v) is 6.38. The van der Waals surface area contributed by atoms with Gasteiger partial charge < -0.3 is 9.64 Å². The van der Waals surface area contributed by atoms with Gasteiger partial charge in [-0.05, 0) is 18.3 Å². The number of benzene rings is 1. The quantitative estimate of drug-likeness (QED) is 0.796. The van der Waals surface area contributed by atoms with Crippen LogP contribution in [0.2, 0.25) is 0 Å². The molecule has 2 unspecified atom stereocenters. The smallest absolute Gasteiger partial charge is 0.340 e. The highest BCUT2D eigenvalue weighted by Gasteiger charge is 2.25. The second kappa shape index (κ2) is 5.95. The number of nitrogens with zero attached hydrogens (tertiary/aromatic N) is 2. The first-order valence-corrected chi connectivity index (χ1v) is 7.81. The molecule has 1 aliphatic rings. The van der Waals surface area contributed by atoms with Crippen LogP contribution in [0.25, 0.3) is 10.8 Å². The van der Waals surface area contributed by atoms with Gasteiger partial charge in [-0.15, -0.1) is 0 Å².